The molecule has 0 unspecified atom stereocenters. The largest absolute Gasteiger partial charge is 0.455 e. The fraction of sp³-hybridized carbons (Fsp3) is 0. The third-order valence-corrected chi connectivity index (χ3v) is 10.5. The highest BCUT2D eigenvalue weighted by atomic mass is 16.3. The van der Waals surface area contributed by atoms with Crippen molar-refractivity contribution in [2.45, 2.75) is 0 Å². The number of hydrogen-bond acceptors (Lipinski definition) is 2. The Balaban J connectivity index is 1.07. The number of hydrogen-bond donors (Lipinski definition) is 0. The Labute approximate surface area is 314 Å². The summed E-state index contributed by atoms with van der Waals surface area (Å²) in [7, 11) is 0. The Morgan fingerprint density at radius 3 is 1.41 bits per heavy atom. The van der Waals surface area contributed by atoms with E-state index >= 15 is 0 Å². The van der Waals surface area contributed by atoms with E-state index in [-0.39, 0.29) is 0 Å². The molecule has 0 aliphatic rings. The molecule has 0 bridgehead atoms. The van der Waals surface area contributed by atoms with Crippen LogP contribution in [0.5, 0.6) is 0 Å². The zero-order valence-corrected chi connectivity index (χ0v) is 29.6. The van der Waals surface area contributed by atoms with E-state index in [0.29, 0.717) is 0 Å². The standard InChI is InChI=1S/C52H35NO/c1-4-14-36(15-5-1)38-26-30-43(31-27-38)53(42-20-8-3-9-21-42)44-32-28-39(29-33-44)49-35-50-48-25-13-24-45(51(48)54-52(50)47-23-11-10-22-46(47)49)41-19-12-18-40(34-41)37-16-6-2-7-17-37/h1-35H. The smallest absolute Gasteiger partial charge is 0.143 e. The molecule has 2 heteroatoms. The molecule has 0 fully saturated rings. The predicted octanol–water partition coefficient (Wildman–Crippen LogP) is 14.9. The highest BCUT2D eigenvalue weighted by molar-refractivity contribution is 6.20. The van der Waals surface area contributed by atoms with Gasteiger partial charge in [-0.25, -0.2) is 0 Å². The number of anilines is 3. The topological polar surface area (TPSA) is 16.4 Å². The van der Waals surface area contributed by atoms with Gasteiger partial charge in [0.15, 0.2) is 0 Å². The molecule has 0 aliphatic heterocycles. The fourth-order valence-corrected chi connectivity index (χ4v) is 7.83. The average Bonchev–Trinajstić information content (AvgIpc) is 3.64. The minimum absolute atomic E-state index is 0.909. The molecule has 0 saturated heterocycles. The first-order valence-corrected chi connectivity index (χ1v) is 18.4. The van der Waals surface area contributed by atoms with Crippen LogP contribution in [-0.2, 0) is 0 Å². The Hall–Kier alpha value is -7.16. The van der Waals surface area contributed by atoms with Gasteiger partial charge in [0.25, 0.3) is 0 Å². The lowest BCUT2D eigenvalue weighted by Gasteiger charge is -2.26. The van der Waals surface area contributed by atoms with Gasteiger partial charge in [0.05, 0.1) is 0 Å². The third-order valence-electron chi connectivity index (χ3n) is 10.5. The number of furan rings is 1. The van der Waals surface area contributed by atoms with Crippen molar-refractivity contribution in [3.05, 3.63) is 212 Å². The van der Waals surface area contributed by atoms with Crippen molar-refractivity contribution in [2.75, 3.05) is 4.90 Å². The number of nitrogens with zero attached hydrogens (tertiary/aromatic N) is 1. The van der Waals surface area contributed by atoms with Gasteiger partial charge in [0.1, 0.15) is 11.2 Å². The molecule has 0 aliphatic carbocycles. The lowest BCUT2D eigenvalue weighted by atomic mass is 9.94. The summed E-state index contributed by atoms with van der Waals surface area (Å²) < 4.78 is 6.87. The molecule has 1 heterocycles. The van der Waals surface area contributed by atoms with Crippen LogP contribution in [0.25, 0.3) is 77.2 Å². The second-order valence-corrected chi connectivity index (χ2v) is 13.7. The molecule has 1 aromatic heterocycles. The quantitative estimate of drug-likeness (QED) is 0.166. The Morgan fingerprint density at radius 1 is 0.259 bits per heavy atom. The van der Waals surface area contributed by atoms with E-state index in [1.165, 1.54) is 33.2 Å². The molecule has 0 saturated carbocycles. The Kier molecular flexibility index (Phi) is 7.85. The van der Waals surface area contributed by atoms with Crippen molar-refractivity contribution in [2.24, 2.45) is 0 Å². The van der Waals surface area contributed by atoms with E-state index in [0.717, 1.165) is 61.1 Å². The second-order valence-electron chi connectivity index (χ2n) is 13.7. The monoisotopic (exact) mass is 689 g/mol. The molecule has 0 amide bonds. The van der Waals surface area contributed by atoms with Crippen LogP contribution >= 0.6 is 0 Å². The molecule has 10 aromatic rings. The van der Waals surface area contributed by atoms with Gasteiger partial charge in [0, 0.05) is 38.8 Å². The van der Waals surface area contributed by atoms with Gasteiger partial charge in [-0.1, -0.05) is 164 Å². The van der Waals surface area contributed by atoms with E-state index in [1.54, 1.807) is 0 Å². The maximum Gasteiger partial charge on any atom is 0.143 e. The zero-order chi connectivity index (χ0) is 35.8. The average molecular weight is 690 g/mol. The summed E-state index contributed by atoms with van der Waals surface area (Å²) in [5, 5.41) is 4.51. The summed E-state index contributed by atoms with van der Waals surface area (Å²) in [4.78, 5) is 2.32. The second kappa shape index (κ2) is 13.4. The van der Waals surface area contributed by atoms with Crippen LogP contribution in [0.2, 0.25) is 0 Å². The Morgan fingerprint density at radius 2 is 0.722 bits per heavy atom. The van der Waals surface area contributed by atoms with Crippen molar-refractivity contribution in [1.82, 2.24) is 0 Å². The normalized spacial score (nSPS) is 11.3. The van der Waals surface area contributed by atoms with E-state index in [9.17, 15) is 0 Å². The summed E-state index contributed by atoms with van der Waals surface area (Å²) in [6.45, 7) is 0. The molecular formula is C52H35NO. The lowest BCUT2D eigenvalue weighted by Crippen LogP contribution is -2.09. The first kappa shape index (κ1) is 31.6. The van der Waals surface area contributed by atoms with Crippen LogP contribution in [0.4, 0.5) is 17.1 Å². The van der Waals surface area contributed by atoms with Crippen molar-refractivity contribution in [3.8, 4) is 44.5 Å². The van der Waals surface area contributed by atoms with Crippen LogP contribution < -0.4 is 4.90 Å². The van der Waals surface area contributed by atoms with Crippen LogP contribution in [0, 0.1) is 0 Å². The summed E-state index contributed by atoms with van der Waals surface area (Å²) in [6.07, 6.45) is 0. The zero-order valence-electron chi connectivity index (χ0n) is 29.6. The number of rotatable bonds is 7. The third kappa shape index (κ3) is 5.62. The number of benzene rings is 9. The first-order chi connectivity index (χ1) is 26.8. The van der Waals surface area contributed by atoms with Crippen LogP contribution in [0.15, 0.2) is 217 Å². The predicted molar refractivity (Wildman–Crippen MR) is 228 cm³/mol. The molecule has 0 N–H and O–H groups in total. The van der Waals surface area contributed by atoms with Gasteiger partial charge in [-0.3, -0.25) is 0 Å². The van der Waals surface area contributed by atoms with Gasteiger partial charge in [-0.2, -0.15) is 0 Å². The number of para-hydroxylation sites is 2. The maximum atomic E-state index is 6.87. The van der Waals surface area contributed by atoms with Gasteiger partial charge < -0.3 is 9.32 Å². The van der Waals surface area contributed by atoms with Crippen molar-refractivity contribution in [1.29, 1.82) is 0 Å². The van der Waals surface area contributed by atoms with Crippen LogP contribution in [-0.4, -0.2) is 0 Å². The molecule has 0 radical (unpaired) electrons. The Bertz CT molecular complexity index is 2890. The van der Waals surface area contributed by atoms with E-state index in [2.05, 4.69) is 217 Å². The minimum atomic E-state index is 0.909. The van der Waals surface area contributed by atoms with Gasteiger partial charge in [-0.05, 0) is 92.9 Å². The molecule has 0 spiro atoms. The van der Waals surface area contributed by atoms with Crippen molar-refractivity contribution < 1.29 is 4.42 Å². The summed E-state index contributed by atoms with van der Waals surface area (Å²) in [5.41, 5.74) is 14.5. The lowest BCUT2D eigenvalue weighted by molar-refractivity contribution is 0.674. The molecule has 9 aromatic carbocycles. The molecule has 0 atom stereocenters. The summed E-state index contributed by atoms with van der Waals surface area (Å²) in [6, 6.07) is 75.6. The van der Waals surface area contributed by atoms with Gasteiger partial charge >= 0.3 is 0 Å². The molecule has 254 valence electrons. The molecule has 2 nitrogen and oxygen atoms in total. The fourth-order valence-electron chi connectivity index (χ4n) is 7.83. The number of fused-ring (bicyclic) bond motifs is 5. The van der Waals surface area contributed by atoms with Crippen LogP contribution in [0.1, 0.15) is 0 Å². The maximum absolute atomic E-state index is 6.87. The van der Waals surface area contributed by atoms with E-state index in [1.807, 2.05) is 0 Å². The van der Waals surface area contributed by atoms with Crippen molar-refractivity contribution >= 4 is 49.8 Å². The first-order valence-electron chi connectivity index (χ1n) is 18.4. The molecule has 10 rings (SSSR count). The molecule has 54 heavy (non-hydrogen) atoms. The van der Waals surface area contributed by atoms with Gasteiger partial charge in [-0.15, -0.1) is 0 Å². The van der Waals surface area contributed by atoms with Gasteiger partial charge in [0.2, 0.25) is 0 Å². The van der Waals surface area contributed by atoms with Crippen LogP contribution in [0.3, 0.4) is 0 Å². The minimum Gasteiger partial charge on any atom is -0.455 e. The summed E-state index contributed by atoms with van der Waals surface area (Å²) >= 11 is 0. The summed E-state index contributed by atoms with van der Waals surface area (Å²) in [5.74, 6) is 0. The highest BCUT2D eigenvalue weighted by Gasteiger charge is 2.19. The van der Waals surface area contributed by atoms with E-state index in [4.69, 9.17) is 4.42 Å². The molecular weight excluding hydrogens is 655 g/mol. The van der Waals surface area contributed by atoms with E-state index < -0.39 is 0 Å². The highest BCUT2D eigenvalue weighted by Crippen LogP contribution is 2.44. The SMILES string of the molecule is c1ccc(-c2ccc(N(c3ccccc3)c3ccc(-c4cc5c6cccc(-c7cccc(-c8ccccc8)c7)c6oc5c5ccccc45)cc3)cc2)cc1. The van der Waals surface area contributed by atoms with Crippen molar-refractivity contribution in [3.63, 3.8) is 0 Å².